The van der Waals surface area contributed by atoms with Crippen molar-refractivity contribution in [2.75, 3.05) is 6.61 Å². The fourth-order valence-corrected chi connectivity index (χ4v) is 3.10. The van der Waals surface area contributed by atoms with Gasteiger partial charge in [-0.2, -0.15) is 4.99 Å². The molecule has 26 heavy (non-hydrogen) atoms. The number of amides is 2. The van der Waals surface area contributed by atoms with Crippen molar-refractivity contribution in [3.05, 3.63) is 48.0 Å². The van der Waals surface area contributed by atoms with E-state index in [1.807, 2.05) is 0 Å². The molecule has 0 bridgehead atoms. The minimum atomic E-state index is -2.21. The number of carbonyl (C=O) groups is 2. The Morgan fingerprint density at radius 3 is 2.65 bits per heavy atom. The van der Waals surface area contributed by atoms with Crippen molar-refractivity contribution < 1.29 is 28.9 Å². The minimum absolute atomic E-state index is 0.0397. The third-order valence-corrected chi connectivity index (χ3v) is 4.57. The van der Waals surface area contributed by atoms with Gasteiger partial charge in [0.15, 0.2) is 5.67 Å². The number of rotatable bonds is 3. The smallest absolute Gasteiger partial charge is 0.278 e. The van der Waals surface area contributed by atoms with E-state index in [4.69, 9.17) is 4.74 Å². The number of amidine groups is 1. The molecule has 2 heterocycles. The first-order valence-corrected chi connectivity index (χ1v) is 8.15. The van der Waals surface area contributed by atoms with E-state index in [1.54, 1.807) is 30.3 Å². The van der Waals surface area contributed by atoms with Gasteiger partial charge in [0.05, 0.1) is 12.5 Å². The van der Waals surface area contributed by atoms with Gasteiger partial charge in [0.2, 0.25) is 5.91 Å². The van der Waals surface area contributed by atoms with Gasteiger partial charge in [0.25, 0.3) is 5.91 Å². The van der Waals surface area contributed by atoms with Crippen LogP contribution in [-0.2, 0) is 9.53 Å². The molecular formula is C18H19FN2O5. The molecule has 8 heteroatoms. The van der Waals surface area contributed by atoms with Crippen LogP contribution in [0.4, 0.5) is 4.39 Å². The highest BCUT2D eigenvalue weighted by atomic mass is 19.1. The van der Waals surface area contributed by atoms with E-state index in [-0.39, 0.29) is 5.84 Å². The molecule has 1 fully saturated rings. The molecule has 2 amide bonds. The van der Waals surface area contributed by atoms with Crippen molar-refractivity contribution in [2.45, 2.75) is 30.9 Å². The molecule has 3 N–H and O–H groups in total. The van der Waals surface area contributed by atoms with E-state index in [1.165, 1.54) is 12.2 Å². The molecular weight excluding hydrogens is 343 g/mol. The zero-order chi connectivity index (χ0) is 18.9. The van der Waals surface area contributed by atoms with Gasteiger partial charge in [-0.1, -0.05) is 24.3 Å². The highest BCUT2D eigenvalue weighted by molar-refractivity contribution is 6.14. The summed E-state index contributed by atoms with van der Waals surface area (Å²) in [5.41, 5.74) is -1.84. The fraction of sp³-hybridized carbons (Fsp3) is 0.389. The summed E-state index contributed by atoms with van der Waals surface area (Å²) in [7, 11) is 0. The van der Waals surface area contributed by atoms with E-state index in [0.717, 1.165) is 6.92 Å². The summed E-state index contributed by atoms with van der Waals surface area (Å²) in [5.74, 6) is -2.11. The van der Waals surface area contributed by atoms with Crippen molar-refractivity contribution in [1.82, 2.24) is 5.32 Å². The minimum Gasteiger partial charge on any atom is -0.394 e. The average Bonchev–Trinajstić information content (AvgIpc) is 2.85. The van der Waals surface area contributed by atoms with Crippen LogP contribution >= 0.6 is 0 Å². The van der Waals surface area contributed by atoms with Gasteiger partial charge in [-0.05, 0) is 25.1 Å². The molecule has 7 nitrogen and oxygen atoms in total. The third-order valence-electron chi connectivity index (χ3n) is 4.57. The normalized spacial score (nSPS) is 35.5. The maximum atomic E-state index is 14.8. The van der Waals surface area contributed by atoms with Gasteiger partial charge in [-0.25, -0.2) is 4.39 Å². The standard InChI is InChI=1S/C18H19FN2O5/c1-18(19)14(23)12(9-22)26-15(18)11-7-8-13(21-17(11)25)20-16(24)10-5-3-2-4-6-10/h2-8,11-12,14-15,22-23H,9H2,1H3,(H,20,21,24,25). The summed E-state index contributed by atoms with van der Waals surface area (Å²) in [6.07, 6.45) is -1.15. The summed E-state index contributed by atoms with van der Waals surface area (Å²) in [6, 6.07) is 8.35. The fourth-order valence-electron chi connectivity index (χ4n) is 3.10. The maximum Gasteiger partial charge on any atom is 0.278 e. The van der Waals surface area contributed by atoms with Crippen LogP contribution in [0.5, 0.6) is 0 Å². The number of benzene rings is 1. The van der Waals surface area contributed by atoms with E-state index in [2.05, 4.69) is 10.3 Å². The SMILES string of the molecule is CC1(F)C(O)C(CO)OC1C1C=CC(=NC(=O)c2ccccc2)NC1=O. The molecule has 3 rings (SSSR count). The number of hydrogen-bond acceptors (Lipinski definition) is 5. The lowest BCUT2D eigenvalue weighted by Gasteiger charge is -2.29. The Kier molecular flexibility index (Phi) is 4.99. The summed E-state index contributed by atoms with van der Waals surface area (Å²) in [5, 5.41) is 21.5. The second-order valence-corrected chi connectivity index (χ2v) is 6.42. The maximum absolute atomic E-state index is 14.8. The Balaban J connectivity index is 1.78. The topological polar surface area (TPSA) is 108 Å². The lowest BCUT2D eigenvalue weighted by Crippen LogP contribution is -2.50. The van der Waals surface area contributed by atoms with E-state index < -0.39 is 48.3 Å². The third kappa shape index (κ3) is 3.31. The van der Waals surface area contributed by atoms with E-state index >= 15 is 0 Å². The quantitative estimate of drug-likeness (QED) is 0.720. The Hall–Kier alpha value is -2.42. The summed E-state index contributed by atoms with van der Waals surface area (Å²) >= 11 is 0. The number of nitrogens with one attached hydrogen (secondary N) is 1. The number of aliphatic hydroxyl groups is 2. The van der Waals surface area contributed by atoms with Crippen molar-refractivity contribution in [1.29, 1.82) is 0 Å². The molecule has 1 saturated heterocycles. The molecule has 5 unspecified atom stereocenters. The molecule has 2 aliphatic rings. The van der Waals surface area contributed by atoms with Gasteiger partial charge < -0.3 is 20.3 Å². The predicted octanol–water partition coefficient (Wildman–Crippen LogP) is 0.376. The molecule has 138 valence electrons. The molecule has 0 spiro atoms. The van der Waals surface area contributed by atoms with Gasteiger partial charge in [-0.15, -0.1) is 0 Å². The number of alkyl halides is 1. The Morgan fingerprint density at radius 2 is 2.08 bits per heavy atom. The molecule has 2 aliphatic heterocycles. The number of aliphatic hydroxyl groups excluding tert-OH is 2. The molecule has 5 atom stereocenters. The largest absolute Gasteiger partial charge is 0.394 e. The second-order valence-electron chi connectivity index (χ2n) is 6.42. The van der Waals surface area contributed by atoms with Gasteiger partial charge >= 0.3 is 0 Å². The summed E-state index contributed by atoms with van der Waals surface area (Å²) in [4.78, 5) is 28.3. The highest BCUT2D eigenvalue weighted by Crippen LogP contribution is 2.39. The van der Waals surface area contributed by atoms with E-state index in [0.29, 0.717) is 5.56 Å². The Bertz CT molecular complexity index is 762. The summed E-state index contributed by atoms with van der Waals surface area (Å²) in [6.45, 7) is 0.565. The molecule has 1 aromatic carbocycles. The number of ether oxygens (including phenoxy) is 1. The van der Waals surface area contributed by atoms with Crippen LogP contribution < -0.4 is 5.32 Å². The number of nitrogens with zero attached hydrogens (tertiary/aromatic N) is 1. The first-order chi connectivity index (χ1) is 12.3. The van der Waals surface area contributed by atoms with Crippen LogP contribution in [-0.4, -0.2) is 58.5 Å². The molecule has 0 radical (unpaired) electrons. The van der Waals surface area contributed by atoms with Gasteiger partial charge in [-0.3, -0.25) is 9.59 Å². The first kappa shape index (κ1) is 18.4. The number of halogens is 1. The summed E-state index contributed by atoms with van der Waals surface area (Å²) < 4.78 is 20.1. The predicted molar refractivity (Wildman–Crippen MR) is 90.2 cm³/mol. The van der Waals surface area contributed by atoms with Crippen LogP contribution in [0.3, 0.4) is 0 Å². The van der Waals surface area contributed by atoms with Crippen LogP contribution in [0.1, 0.15) is 17.3 Å². The molecule has 0 aromatic heterocycles. The molecule has 1 aromatic rings. The monoisotopic (exact) mass is 362 g/mol. The Morgan fingerprint density at radius 1 is 1.38 bits per heavy atom. The second kappa shape index (κ2) is 7.06. The lowest BCUT2D eigenvalue weighted by molar-refractivity contribution is -0.129. The first-order valence-electron chi connectivity index (χ1n) is 8.15. The van der Waals surface area contributed by atoms with Crippen molar-refractivity contribution >= 4 is 17.6 Å². The lowest BCUT2D eigenvalue weighted by atomic mass is 9.85. The zero-order valence-electron chi connectivity index (χ0n) is 14.0. The molecule has 0 saturated carbocycles. The highest BCUT2D eigenvalue weighted by Gasteiger charge is 2.57. The van der Waals surface area contributed by atoms with Crippen molar-refractivity contribution in [3.63, 3.8) is 0 Å². The number of carbonyl (C=O) groups excluding carboxylic acids is 2. The van der Waals surface area contributed by atoms with Crippen LogP contribution in [0, 0.1) is 5.92 Å². The Labute approximate surface area is 149 Å². The zero-order valence-corrected chi connectivity index (χ0v) is 14.0. The van der Waals surface area contributed by atoms with Crippen LogP contribution in [0.2, 0.25) is 0 Å². The van der Waals surface area contributed by atoms with Crippen molar-refractivity contribution in [2.24, 2.45) is 10.9 Å². The molecule has 0 aliphatic carbocycles. The van der Waals surface area contributed by atoms with E-state index in [9.17, 15) is 24.2 Å². The average molecular weight is 362 g/mol. The van der Waals surface area contributed by atoms with Crippen molar-refractivity contribution in [3.8, 4) is 0 Å². The van der Waals surface area contributed by atoms with Gasteiger partial charge in [0.1, 0.15) is 24.1 Å². The van der Waals surface area contributed by atoms with Gasteiger partial charge in [0, 0.05) is 5.56 Å². The number of aliphatic imine (C=N–C) groups is 1. The van der Waals surface area contributed by atoms with Crippen LogP contribution in [0.25, 0.3) is 0 Å². The van der Waals surface area contributed by atoms with Crippen LogP contribution in [0.15, 0.2) is 47.5 Å². The number of hydrogen-bond donors (Lipinski definition) is 3.